The molecule has 2 rings (SSSR count). The fraction of sp³-hybridized carbons (Fsp3) is 0.571. The first kappa shape index (κ1) is 13.3. The highest BCUT2D eigenvalue weighted by molar-refractivity contribution is 5.53. The molecule has 1 aliphatic heterocycles. The predicted molar refractivity (Wildman–Crippen MR) is 69.5 cm³/mol. The highest BCUT2D eigenvalue weighted by Gasteiger charge is 2.33. The van der Waals surface area contributed by atoms with Gasteiger partial charge in [-0.3, -0.25) is 0 Å². The molecule has 0 bridgehead atoms. The van der Waals surface area contributed by atoms with Gasteiger partial charge in [0.15, 0.2) is 0 Å². The number of anilines is 1. The van der Waals surface area contributed by atoms with Crippen molar-refractivity contribution >= 4 is 5.69 Å². The van der Waals surface area contributed by atoms with E-state index in [2.05, 4.69) is 6.92 Å². The van der Waals surface area contributed by atoms with Crippen LogP contribution < -0.4 is 10.6 Å². The van der Waals surface area contributed by atoms with Gasteiger partial charge in [0.25, 0.3) is 0 Å². The van der Waals surface area contributed by atoms with Gasteiger partial charge in [0.1, 0.15) is 17.3 Å². The maximum Gasteiger partial charge on any atom is 0.149 e. The number of nitrogens with zero attached hydrogens (tertiary/aromatic N) is 1. The van der Waals surface area contributed by atoms with Crippen molar-refractivity contribution in [3.05, 3.63) is 29.3 Å². The first-order valence-electron chi connectivity index (χ1n) is 6.54. The monoisotopic (exact) mass is 254 g/mol. The maximum absolute atomic E-state index is 14.1. The van der Waals surface area contributed by atoms with E-state index in [1.54, 1.807) is 0 Å². The Morgan fingerprint density at radius 1 is 1.28 bits per heavy atom. The summed E-state index contributed by atoms with van der Waals surface area (Å²) in [4.78, 5) is 1.89. The largest absolute Gasteiger partial charge is 0.361 e. The van der Waals surface area contributed by atoms with Crippen LogP contribution in [-0.4, -0.2) is 12.1 Å². The lowest BCUT2D eigenvalue weighted by molar-refractivity contribution is 0.541. The Hall–Kier alpha value is -1.16. The Kier molecular flexibility index (Phi) is 3.85. The van der Waals surface area contributed by atoms with Gasteiger partial charge in [-0.1, -0.05) is 6.92 Å². The standard InChI is InChI=1S/C14H20F2N2/c1-3-11-5-4-9(2)18(11)14-12(15)6-10(8-17)7-13(14)16/h6-7,9,11H,3-5,8,17H2,1-2H3. The second kappa shape index (κ2) is 5.22. The molecule has 0 amide bonds. The summed E-state index contributed by atoms with van der Waals surface area (Å²) in [5.41, 5.74) is 6.03. The van der Waals surface area contributed by atoms with Gasteiger partial charge in [-0.15, -0.1) is 0 Å². The van der Waals surface area contributed by atoms with Gasteiger partial charge in [-0.25, -0.2) is 8.78 Å². The van der Waals surface area contributed by atoms with Crippen LogP contribution in [0.2, 0.25) is 0 Å². The van der Waals surface area contributed by atoms with Crippen molar-refractivity contribution in [3.8, 4) is 0 Å². The number of rotatable bonds is 3. The Morgan fingerprint density at radius 2 is 1.89 bits per heavy atom. The average molecular weight is 254 g/mol. The van der Waals surface area contributed by atoms with E-state index in [1.165, 1.54) is 12.1 Å². The van der Waals surface area contributed by atoms with E-state index in [0.717, 1.165) is 19.3 Å². The highest BCUT2D eigenvalue weighted by atomic mass is 19.1. The Morgan fingerprint density at radius 3 is 2.39 bits per heavy atom. The molecule has 2 nitrogen and oxygen atoms in total. The summed E-state index contributed by atoms with van der Waals surface area (Å²) in [6.07, 6.45) is 2.88. The van der Waals surface area contributed by atoms with Crippen molar-refractivity contribution in [2.24, 2.45) is 5.73 Å². The molecule has 1 aromatic carbocycles. The molecule has 4 heteroatoms. The molecule has 1 fully saturated rings. The van der Waals surface area contributed by atoms with E-state index in [9.17, 15) is 8.78 Å². The summed E-state index contributed by atoms with van der Waals surface area (Å²) in [6.45, 7) is 4.23. The molecule has 100 valence electrons. The zero-order chi connectivity index (χ0) is 13.3. The quantitative estimate of drug-likeness (QED) is 0.897. The first-order valence-corrected chi connectivity index (χ1v) is 6.54. The van der Waals surface area contributed by atoms with Gasteiger partial charge >= 0.3 is 0 Å². The SMILES string of the molecule is CCC1CCC(C)N1c1c(F)cc(CN)cc1F. The number of nitrogens with two attached hydrogens (primary N) is 1. The third-order valence-electron chi connectivity index (χ3n) is 3.83. The minimum atomic E-state index is -0.498. The zero-order valence-electron chi connectivity index (χ0n) is 10.9. The van der Waals surface area contributed by atoms with Crippen LogP contribution in [0.25, 0.3) is 0 Å². The number of benzene rings is 1. The minimum absolute atomic E-state index is 0.115. The highest BCUT2D eigenvalue weighted by Crippen LogP contribution is 2.35. The molecule has 1 heterocycles. The molecular weight excluding hydrogens is 234 g/mol. The Labute approximate surface area is 107 Å². The Balaban J connectivity index is 2.43. The van der Waals surface area contributed by atoms with Crippen molar-refractivity contribution < 1.29 is 8.78 Å². The molecular formula is C14H20F2N2. The second-order valence-corrected chi connectivity index (χ2v) is 5.01. The van der Waals surface area contributed by atoms with Crippen LogP contribution in [0.1, 0.15) is 38.7 Å². The molecule has 18 heavy (non-hydrogen) atoms. The van der Waals surface area contributed by atoms with Gasteiger partial charge in [0, 0.05) is 18.6 Å². The van der Waals surface area contributed by atoms with Gasteiger partial charge in [0.05, 0.1) is 0 Å². The van der Waals surface area contributed by atoms with E-state index in [-0.39, 0.29) is 24.3 Å². The molecule has 2 unspecified atom stereocenters. The van der Waals surface area contributed by atoms with Gasteiger partial charge < -0.3 is 10.6 Å². The fourth-order valence-electron chi connectivity index (χ4n) is 2.86. The van der Waals surface area contributed by atoms with Crippen LogP contribution in [0.4, 0.5) is 14.5 Å². The lowest BCUT2D eigenvalue weighted by atomic mass is 10.1. The van der Waals surface area contributed by atoms with E-state index in [0.29, 0.717) is 5.56 Å². The molecule has 0 aliphatic carbocycles. The third-order valence-corrected chi connectivity index (χ3v) is 3.83. The van der Waals surface area contributed by atoms with Crippen molar-refractivity contribution in [3.63, 3.8) is 0 Å². The van der Waals surface area contributed by atoms with E-state index >= 15 is 0 Å². The maximum atomic E-state index is 14.1. The molecule has 1 saturated heterocycles. The summed E-state index contributed by atoms with van der Waals surface area (Å²) < 4.78 is 28.2. The summed E-state index contributed by atoms with van der Waals surface area (Å²) in [6, 6.07) is 3.10. The van der Waals surface area contributed by atoms with Crippen molar-refractivity contribution in [1.82, 2.24) is 0 Å². The molecule has 0 radical (unpaired) electrons. The average Bonchev–Trinajstić information content (AvgIpc) is 2.70. The minimum Gasteiger partial charge on any atom is -0.361 e. The van der Waals surface area contributed by atoms with Gasteiger partial charge in [-0.05, 0) is 43.9 Å². The van der Waals surface area contributed by atoms with E-state index < -0.39 is 11.6 Å². The first-order chi connectivity index (χ1) is 8.58. The molecule has 0 aromatic heterocycles. The second-order valence-electron chi connectivity index (χ2n) is 5.01. The molecule has 0 spiro atoms. The number of halogens is 2. The molecule has 2 atom stereocenters. The number of hydrogen-bond acceptors (Lipinski definition) is 2. The molecule has 2 N–H and O–H groups in total. The smallest absolute Gasteiger partial charge is 0.149 e. The van der Waals surface area contributed by atoms with Crippen molar-refractivity contribution in [1.29, 1.82) is 0 Å². The lowest BCUT2D eigenvalue weighted by Crippen LogP contribution is -2.35. The lowest BCUT2D eigenvalue weighted by Gasteiger charge is -2.31. The van der Waals surface area contributed by atoms with Crippen LogP contribution >= 0.6 is 0 Å². The topological polar surface area (TPSA) is 29.3 Å². The molecule has 1 aliphatic rings. The van der Waals surface area contributed by atoms with E-state index in [1.807, 2.05) is 11.8 Å². The van der Waals surface area contributed by atoms with Crippen LogP contribution in [0.3, 0.4) is 0 Å². The van der Waals surface area contributed by atoms with Crippen LogP contribution in [0, 0.1) is 11.6 Å². The summed E-state index contributed by atoms with van der Waals surface area (Å²) >= 11 is 0. The van der Waals surface area contributed by atoms with Crippen molar-refractivity contribution in [2.45, 2.75) is 51.7 Å². The van der Waals surface area contributed by atoms with E-state index in [4.69, 9.17) is 5.73 Å². The van der Waals surface area contributed by atoms with Crippen LogP contribution in [0.15, 0.2) is 12.1 Å². The van der Waals surface area contributed by atoms with Crippen LogP contribution in [-0.2, 0) is 6.54 Å². The van der Waals surface area contributed by atoms with Crippen LogP contribution in [0.5, 0.6) is 0 Å². The fourth-order valence-corrected chi connectivity index (χ4v) is 2.86. The van der Waals surface area contributed by atoms with Gasteiger partial charge in [0.2, 0.25) is 0 Å². The summed E-state index contributed by atoms with van der Waals surface area (Å²) in [7, 11) is 0. The summed E-state index contributed by atoms with van der Waals surface area (Å²) in [5, 5.41) is 0. The normalized spacial score (nSPS) is 23.7. The Bertz CT molecular complexity index is 411. The summed E-state index contributed by atoms with van der Waals surface area (Å²) in [5.74, 6) is -0.995. The van der Waals surface area contributed by atoms with Crippen molar-refractivity contribution in [2.75, 3.05) is 4.90 Å². The van der Waals surface area contributed by atoms with Gasteiger partial charge in [-0.2, -0.15) is 0 Å². The third kappa shape index (κ3) is 2.21. The molecule has 1 aromatic rings. The number of hydrogen-bond donors (Lipinski definition) is 1. The zero-order valence-corrected chi connectivity index (χ0v) is 10.9. The molecule has 0 saturated carbocycles. The predicted octanol–water partition coefficient (Wildman–Crippen LogP) is 3.19.